The molecule has 0 aliphatic rings. The number of hydrogen-bond donors (Lipinski definition) is 1. The number of aromatic nitrogens is 1. The summed E-state index contributed by atoms with van der Waals surface area (Å²) in [5, 5.41) is 0. The molecule has 3 rings (SSSR count). The Morgan fingerprint density at radius 2 is 0.966 bits per heavy atom. The molecular weight excluding hydrogens is 404 g/mol. The van der Waals surface area contributed by atoms with Gasteiger partial charge in [-0.1, -0.05) is 0 Å². The number of rotatable bonds is 4. The molecule has 152 valence electrons. The highest BCUT2D eigenvalue weighted by Gasteiger charge is 2.31. The van der Waals surface area contributed by atoms with E-state index in [1.54, 1.807) is 0 Å². The molecule has 4 nitrogen and oxygen atoms in total. The molecular formula is C19H11F6NO3. The zero-order chi connectivity index (χ0) is 21.2. The molecule has 10 heteroatoms. The second kappa shape index (κ2) is 7.53. The van der Waals surface area contributed by atoms with E-state index in [0.717, 1.165) is 24.3 Å². The van der Waals surface area contributed by atoms with Gasteiger partial charge < -0.3 is 14.5 Å². The SMILES string of the molecule is O=c1cc(-c2ccc(OC(F)(F)F)cc2)[nH]c(-c2ccc(OC(F)(F)F)cc2)c1. The van der Waals surface area contributed by atoms with E-state index >= 15 is 0 Å². The Morgan fingerprint density at radius 3 is 1.28 bits per heavy atom. The van der Waals surface area contributed by atoms with Crippen LogP contribution >= 0.6 is 0 Å². The quantitative estimate of drug-likeness (QED) is 0.572. The number of hydrogen-bond acceptors (Lipinski definition) is 3. The number of pyridine rings is 1. The van der Waals surface area contributed by atoms with Crippen LogP contribution in [0.15, 0.2) is 65.5 Å². The van der Waals surface area contributed by atoms with Crippen molar-refractivity contribution in [3.8, 4) is 34.0 Å². The summed E-state index contributed by atoms with van der Waals surface area (Å²) in [7, 11) is 0. The zero-order valence-corrected chi connectivity index (χ0v) is 14.3. The molecule has 0 saturated carbocycles. The van der Waals surface area contributed by atoms with Gasteiger partial charge in [-0.15, -0.1) is 26.3 Å². The van der Waals surface area contributed by atoms with Gasteiger partial charge >= 0.3 is 12.7 Å². The van der Waals surface area contributed by atoms with Gasteiger partial charge in [0.05, 0.1) is 0 Å². The number of ether oxygens (including phenoxy) is 2. The van der Waals surface area contributed by atoms with E-state index in [2.05, 4.69) is 14.5 Å². The monoisotopic (exact) mass is 415 g/mol. The van der Waals surface area contributed by atoms with Crippen molar-refractivity contribution in [2.75, 3.05) is 0 Å². The van der Waals surface area contributed by atoms with Crippen LogP contribution in [0.2, 0.25) is 0 Å². The van der Waals surface area contributed by atoms with Gasteiger partial charge in [0.25, 0.3) is 0 Å². The third kappa shape index (κ3) is 5.77. The first-order valence-corrected chi connectivity index (χ1v) is 7.95. The highest BCUT2D eigenvalue weighted by Crippen LogP contribution is 2.28. The molecule has 0 aliphatic heterocycles. The molecule has 0 aliphatic carbocycles. The van der Waals surface area contributed by atoms with E-state index in [1.807, 2.05) is 0 Å². The average molecular weight is 415 g/mol. The molecule has 0 saturated heterocycles. The number of halogens is 6. The molecule has 0 atom stereocenters. The van der Waals surface area contributed by atoms with E-state index in [0.29, 0.717) is 22.5 Å². The highest BCUT2D eigenvalue weighted by atomic mass is 19.4. The van der Waals surface area contributed by atoms with Crippen molar-refractivity contribution in [1.82, 2.24) is 4.98 Å². The van der Waals surface area contributed by atoms with Crippen molar-refractivity contribution >= 4 is 0 Å². The molecule has 29 heavy (non-hydrogen) atoms. The van der Waals surface area contributed by atoms with Gasteiger partial charge in [0.15, 0.2) is 5.43 Å². The van der Waals surface area contributed by atoms with Crippen molar-refractivity contribution in [2.45, 2.75) is 12.7 Å². The Morgan fingerprint density at radius 1 is 0.621 bits per heavy atom. The largest absolute Gasteiger partial charge is 0.573 e. The smallest absolute Gasteiger partial charge is 0.406 e. The maximum Gasteiger partial charge on any atom is 0.573 e. The Kier molecular flexibility index (Phi) is 5.27. The Balaban J connectivity index is 1.88. The predicted octanol–water partition coefficient (Wildman–Crippen LogP) is 5.51. The summed E-state index contributed by atoms with van der Waals surface area (Å²) >= 11 is 0. The summed E-state index contributed by atoms with van der Waals surface area (Å²) in [6.07, 6.45) is -9.64. The summed E-state index contributed by atoms with van der Waals surface area (Å²) in [5.41, 5.74) is 1.04. The molecule has 0 amide bonds. The van der Waals surface area contributed by atoms with Gasteiger partial charge in [0.2, 0.25) is 0 Å². The van der Waals surface area contributed by atoms with Crippen LogP contribution in [0, 0.1) is 0 Å². The molecule has 0 fully saturated rings. The minimum Gasteiger partial charge on any atom is -0.406 e. The summed E-state index contributed by atoms with van der Waals surface area (Å²) in [6.45, 7) is 0. The number of H-pyrrole nitrogens is 1. The molecule has 1 N–H and O–H groups in total. The lowest BCUT2D eigenvalue weighted by Gasteiger charge is -2.11. The normalized spacial score (nSPS) is 11.9. The van der Waals surface area contributed by atoms with Crippen molar-refractivity contribution in [3.63, 3.8) is 0 Å². The van der Waals surface area contributed by atoms with Crippen LogP contribution in [-0.4, -0.2) is 17.7 Å². The predicted molar refractivity (Wildman–Crippen MR) is 91.3 cm³/mol. The second-order valence-electron chi connectivity index (χ2n) is 5.79. The fraction of sp³-hybridized carbons (Fsp3) is 0.105. The lowest BCUT2D eigenvalue weighted by atomic mass is 10.1. The first-order valence-electron chi connectivity index (χ1n) is 7.95. The van der Waals surface area contributed by atoms with Crippen LogP contribution in [0.5, 0.6) is 11.5 Å². The second-order valence-corrected chi connectivity index (χ2v) is 5.79. The molecule has 0 bridgehead atoms. The summed E-state index contributed by atoms with van der Waals surface area (Å²) in [5.74, 6) is -0.833. The van der Waals surface area contributed by atoms with E-state index in [1.165, 1.54) is 36.4 Å². The first-order chi connectivity index (χ1) is 13.5. The van der Waals surface area contributed by atoms with Crippen LogP contribution in [0.4, 0.5) is 26.3 Å². The Bertz CT molecular complexity index is 957. The highest BCUT2D eigenvalue weighted by molar-refractivity contribution is 5.66. The lowest BCUT2D eigenvalue weighted by molar-refractivity contribution is -0.275. The maximum atomic E-state index is 12.2. The van der Waals surface area contributed by atoms with Gasteiger partial charge in [0, 0.05) is 23.5 Å². The Labute approximate surface area is 159 Å². The van der Waals surface area contributed by atoms with Crippen molar-refractivity contribution < 1.29 is 35.8 Å². The number of aromatic amines is 1. The van der Waals surface area contributed by atoms with Crippen LogP contribution in [-0.2, 0) is 0 Å². The zero-order valence-electron chi connectivity index (χ0n) is 14.3. The topological polar surface area (TPSA) is 51.3 Å². The minimum absolute atomic E-state index is 0.307. The molecule has 0 radical (unpaired) electrons. The molecule has 1 aromatic heterocycles. The van der Waals surface area contributed by atoms with E-state index < -0.39 is 29.7 Å². The number of alkyl halides is 6. The Hall–Kier alpha value is -3.43. The molecule has 2 aromatic carbocycles. The van der Waals surface area contributed by atoms with Crippen molar-refractivity contribution in [2.24, 2.45) is 0 Å². The van der Waals surface area contributed by atoms with E-state index in [9.17, 15) is 31.1 Å². The van der Waals surface area contributed by atoms with E-state index in [-0.39, 0.29) is 0 Å². The summed E-state index contributed by atoms with van der Waals surface area (Å²) in [6, 6.07) is 12.2. The third-order valence-electron chi connectivity index (χ3n) is 3.64. The van der Waals surface area contributed by atoms with E-state index in [4.69, 9.17) is 0 Å². The minimum atomic E-state index is -4.82. The van der Waals surface area contributed by atoms with Gasteiger partial charge in [-0.3, -0.25) is 4.79 Å². The standard InChI is InChI=1S/C19H11F6NO3/c20-18(21,22)28-14-5-1-11(2-6-14)16-9-13(27)10-17(26-16)12-3-7-15(8-4-12)29-19(23,24)25/h1-10H,(H,26,27). The van der Waals surface area contributed by atoms with Crippen LogP contribution in [0.3, 0.4) is 0 Å². The van der Waals surface area contributed by atoms with Crippen molar-refractivity contribution in [3.05, 3.63) is 70.9 Å². The molecule has 1 heterocycles. The average Bonchev–Trinajstić information content (AvgIpc) is 2.60. The van der Waals surface area contributed by atoms with Crippen LogP contribution in [0.25, 0.3) is 22.5 Å². The summed E-state index contributed by atoms with van der Waals surface area (Å²) < 4.78 is 81.0. The van der Waals surface area contributed by atoms with Crippen LogP contribution in [0.1, 0.15) is 0 Å². The van der Waals surface area contributed by atoms with Gasteiger partial charge in [-0.05, 0) is 59.7 Å². The van der Waals surface area contributed by atoms with Gasteiger partial charge in [-0.25, -0.2) is 0 Å². The fourth-order valence-corrected chi connectivity index (χ4v) is 2.53. The fourth-order valence-electron chi connectivity index (χ4n) is 2.53. The van der Waals surface area contributed by atoms with Crippen molar-refractivity contribution in [1.29, 1.82) is 0 Å². The third-order valence-corrected chi connectivity index (χ3v) is 3.64. The number of benzene rings is 2. The number of nitrogens with one attached hydrogen (secondary N) is 1. The van der Waals surface area contributed by atoms with Gasteiger partial charge in [-0.2, -0.15) is 0 Å². The van der Waals surface area contributed by atoms with Crippen LogP contribution < -0.4 is 14.9 Å². The molecule has 3 aromatic rings. The lowest BCUT2D eigenvalue weighted by Crippen LogP contribution is -2.17. The first kappa shape index (κ1) is 20.3. The molecule has 0 unspecified atom stereocenters. The van der Waals surface area contributed by atoms with Gasteiger partial charge in [0.1, 0.15) is 11.5 Å². The summed E-state index contributed by atoms with van der Waals surface area (Å²) in [4.78, 5) is 14.9. The molecule has 0 spiro atoms. The maximum absolute atomic E-state index is 12.2.